The number of ketones is 1. The van der Waals surface area contributed by atoms with Crippen LogP contribution >= 0.6 is 11.6 Å². The molecule has 8 heteroatoms. The molecule has 1 aliphatic heterocycles. The van der Waals surface area contributed by atoms with Crippen molar-refractivity contribution in [3.05, 3.63) is 70.0 Å². The minimum absolute atomic E-state index is 0.0585. The van der Waals surface area contributed by atoms with Gasteiger partial charge in [-0.1, -0.05) is 23.7 Å². The molecule has 0 aliphatic carbocycles. The van der Waals surface area contributed by atoms with E-state index in [1.54, 1.807) is 12.1 Å². The number of hydrogen-bond acceptors (Lipinski definition) is 5. The van der Waals surface area contributed by atoms with Crippen LogP contribution in [0.25, 0.3) is 5.76 Å². The van der Waals surface area contributed by atoms with Gasteiger partial charge in [-0.3, -0.25) is 9.59 Å². The van der Waals surface area contributed by atoms with Crippen molar-refractivity contribution < 1.29 is 28.6 Å². The van der Waals surface area contributed by atoms with Gasteiger partial charge in [-0.05, 0) is 49.7 Å². The molecule has 1 amide bonds. The van der Waals surface area contributed by atoms with E-state index in [2.05, 4.69) is 0 Å². The van der Waals surface area contributed by atoms with Gasteiger partial charge in [0.2, 0.25) is 0 Å². The highest BCUT2D eigenvalue weighted by molar-refractivity contribution is 6.46. The number of hydrogen-bond donors (Lipinski definition) is 1. The van der Waals surface area contributed by atoms with Crippen molar-refractivity contribution in [2.45, 2.75) is 26.0 Å². The Morgan fingerprint density at radius 1 is 1.19 bits per heavy atom. The number of rotatable bonds is 7. The molecule has 1 unspecified atom stereocenters. The average Bonchev–Trinajstić information content (AvgIpc) is 2.98. The zero-order chi connectivity index (χ0) is 22.7. The Hall–Kier alpha value is -2.90. The second kappa shape index (κ2) is 9.49. The summed E-state index contributed by atoms with van der Waals surface area (Å²) in [4.78, 5) is 27.1. The van der Waals surface area contributed by atoms with E-state index in [-0.39, 0.29) is 36.1 Å². The van der Waals surface area contributed by atoms with Crippen LogP contribution in [0, 0.1) is 5.82 Å². The van der Waals surface area contributed by atoms with E-state index in [1.807, 2.05) is 13.8 Å². The van der Waals surface area contributed by atoms with E-state index in [4.69, 9.17) is 21.1 Å². The number of halogens is 2. The monoisotopic (exact) mass is 447 g/mol. The molecule has 0 saturated carbocycles. The number of benzene rings is 2. The first kappa shape index (κ1) is 22.8. The number of Topliss-reactive ketones (excluding diaryl/α,β-unsaturated/α-hetero) is 1. The molecule has 0 aromatic heterocycles. The van der Waals surface area contributed by atoms with Crippen LogP contribution in [0.1, 0.15) is 31.0 Å². The van der Waals surface area contributed by atoms with E-state index in [0.29, 0.717) is 10.6 Å². The van der Waals surface area contributed by atoms with Crippen LogP contribution < -0.4 is 4.74 Å². The lowest BCUT2D eigenvalue weighted by Crippen LogP contribution is -2.33. The lowest BCUT2D eigenvalue weighted by molar-refractivity contribution is -0.140. The Labute approximate surface area is 184 Å². The third-order valence-corrected chi connectivity index (χ3v) is 5.16. The second-order valence-electron chi connectivity index (χ2n) is 7.31. The number of aliphatic hydroxyl groups excluding tert-OH is 1. The predicted octanol–water partition coefficient (Wildman–Crippen LogP) is 4.33. The molecule has 6 nitrogen and oxygen atoms in total. The fraction of sp³-hybridized carbons (Fsp3) is 0.304. The van der Waals surface area contributed by atoms with Crippen molar-refractivity contribution in [2.75, 3.05) is 20.3 Å². The van der Waals surface area contributed by atoms with Crippen molar-refractivity contribution in [3.63, 3.8) is 0 Å². The standard InChI is InChI=1S/C23H23ClFNO5/c1-13(2)31-11-10-26-20(14-4-7-16(25)8-5-14)19(22(28)23(26)29)21(27)17-12-15(24)6-9-18(17)30-3/h4-9,12-13,20,27H,10-11H2,1-3H3/b21-19+. The summed E-state index contributed by atoms with van der Waals surface area (Å²) in [6.07, 6.45) is -0.0585. The topological polar surface area (TPSA) is 76.1 Å². The molecule has 3 rings (SSSR count). The molecule has 1 heterocycles. The molecular weight excluding hydrogens is 425 g/mol. The van der Waals surface area contributed by atoms with Crippen LogP contribution in [-0.2, 0) is 14.3 Å². The van der Waals surface area contributed by atoms with E-state index in [1.165, 1.54) is 42.3 Å². The fourth-order valence-corrected chi connectivity index (χ4v) is 3.67. The smallest absolute Gasteiger partial charge is 0.295 e. The van der Waals surface area contributed by atoms with Gasteiger partial charge in [-0.25, -0.2) is 4.39 Å². The average molecular weight is 448 g/mol. The lowest BCUT2D eigenvalue weighted by Gasteiger charge is -2.25. The maximum absolute atomic E-state index is 13.5. The molecule has 31 heavy (non-hydrogen) atoms. The highest BCUT2D eigenvalue weighted by Gasteiger charge is 2.46. The number of ether oxygens (including phenoxy) is 2. The Morgan fingerprint density at radius 2 is 1.87 bits per heavy atom. The van der Waals surface area contributed by atoms with Gasteiger partial charge in [-0.2, -0.15) is 0 Å². The van der Waals surface area contributed by atoms with Crippen molar-refractivity contribution in [1.29, 1.82) is 0 Å². The number of amides is 1. The molecule has 1 fully saturated rings. The molecular formula is C23H23ClFNO5. The number of aliphatic hydroxyl groups is 1. The van der Waals surface area contributed by atoms with Gasteiger partial charge in [0.15, 0.2) is 0 Å². The summed E-state index contributed by atoms with van der Waals surface area (Å²) in [6, 6.07) is 9.09. The van der Waals surface area contributed by atoms with Gasteiger partial charge < -0.3 is 19.5 Å². The molecule has 1 saturated heterocycles. The van der Waals surface area contributed by atoms with Crippen LogP contribution in [0.4, 0.5) is 4.39 Å². The summed E-state index contributed by atoms with van der Waals surface area (Å²) in [5.41, 5.74) is 0.535. The minimum atomic E-state index is -0.917. The molecule has 2 aromatic carbocycles. The van der Waals surface area contributed by atoms with Gasteiger partial charge >= 0.3 is 0 Å². The van der Waals surface area contributed by atoms with Gasteiger partial charge in [0.1, 0.15) is 17.3 Å². The molecule has 1 N–H and O–H groups in total. The molecule has 0 radical (unpaired) electrons. The largest absolute Gasteiger partial charge is 0.507 e. The lowest BCUT2D eigenvalue weighted by atomic mass is 9.95. The molecule has 2 aromatic rings. The van der Waals surface area contributed by atoms with Gasteiger partial charge in [-0.15, -0.1) is 0 Å². The van der Waals surface area contributed by atoms with E-state index in [9.17, 15) is 19.1 Å². The third-order valence-electron chi connectivity index (χ3n) is 4.93. The zero-order valence-corrected chi connectivity index (χ0v) is 18.1. The SMILES string of the molecule is COc1ccc(Cl)cc1/C(O)=C1\C(=O)C(=O)N(CCOC(C)C)C1c1ccc(F)cc1. The highest BCUT2D eigenvalue weighted by Crippen LogP contribution is 2.41. The van der Waals surface area contributed by atoms with Crippen LogP contribution in [0.3, 0.4) is 0 Å². The van der Waals surface area contributed by atoms with Crippen molar-refractivity contribution in [1.82, 2.24) is 4.90 Å². The Morgan fingerprint density at radius 3 is 2.48 bits per heavy atom. The van der Waals surface area contributed by atoms with Crippen LogP contribution in [0.2, 0.25) is 5.02 Å². The highest BCUT2D eigenvalue weighted by atomic mass is 35.5. The summed E-state index contributed by atoms with van der Waals surface area (Å²) in [7, 11) is 1.42. The van der Waals surface area contributed by atoms with E-state index < -0.39 is 29.3 Å². The fourth-order valence-electron chi connectivity index (χ4n) is 3.50. The molecule has 0 bridgehead atoms. The van der Waals surface area contributed by atoms with Crippen LogP contribution in [0.5, 0.6) is 5.75 Å². The Bertz CT molecular complexity index is 1020. The number of likely N-dealkylation sites (tertiary alicyclic amines) is 1. The molecule has 164 valence electrons. The quantitative estimate of drug-likeness (QED) is 0.388. The summed E-state index contributed by atoms with van der Waals surface area (Å²) in [6.45, 7) is 4.03. The normalized spacial score (nSPS) is 18.1. The Balaban J connectivity index is 2.15. The van der Waals surface area contributed by atoms with E-state index in [0.717, 1.165) is 0 Å². The summed E-state index contributed by atoms with van der Waals surface area (Å²) in [5.74, 6) is -2.21. The first-order chi connectivity index (χ1) is 14.7. The minimum Gasteiger partial charge on any atom is -0.507 e. The zero-order valence-electron chi connectivity index (χ0n) is 17.4. The molecule has 1 aliphatic rings. The van der Waals surface area contributed by atoms with Gasteiger partial charge in [0.25, 0.3) is 11.7 Å². The Kier molecular flexibility index (Phi) is 6.97. The number of carbonyl (C=O) groups is 2. The molecule has 0 spiro atoms. The predicted molar refractivity (Wildman–Crippen MR) is 115 cm³/mol. The number of nitrogens with zero attached hydrogens (tertiary/aromatic N) is 1. The summed E-state index contributed by atoms with van der Waals surface area (Å²) in [5, 5.41) is 11.4. The van der Waals surface area contributed by atoms with Crippen LogP contribution in [0.15, 0.2) is 48.0 Å². The van der Waals surface area contributed by atoms with Crippen molar-refractivity contribution in [3.8, 4) is 5.75 Å². The van der Waals surface area contributed by atoms with Gasteiger partial charge in [0.05, 0.1) is 37.0 Å². The van der Waals surface area contributed by atoms with Crippen LogP contribution in [-0.4, -0.2) is 48.1 Å². The number of carbonyl (C=O) groups excluding carboxylic acids is 2. The summed E-state index contributed by atoms with van der Waals surface area (Å²) >= 11 is 6.08. The molecule has 1 atom stereocenters. The maximum Gasteiger partial charge on any atom is 0.295 e. The van der Waals surface area contributed by atoms with Gasteiger partial charge in [0, 0.05) is 11.6 Å². The third kappa shape index (κ3) is 4.73. The first-order valence-electron chi connectivity index (χ1n) is 9.74. The first-order valence-corrected chi connectivity index (χ1v) is 10.1. The number of methoxy groups -OCH3 is 1. The van der Waals surface area contributed by atoms with Crippen molar-refractivity contribution >= 4 is 29.1 Å². The second-order valence-corrected chi connectivity index (χ2v) is 7.74. The van der Waals surface area contributed by atoms with E-state index >= 15 is 0 Å². The summed E-state index contributed by atoms with van der Waals surface area (Å²) < 4.78 is 24.3. The van der Waals surface area contributed by atoms with Crippen molar-refractivity contribution in [2.24, 2.45) is 0 Å². The maximum atomic E-state index is 13.5.